The van der Waals surface area contributed by atoms with Crippen molar-refractivity contribution in [2.75, 3.05) is 27.4 Å². The molecule has 1 amide bonds. The molecule has 2 N–H and O–H groups in total. The van der Waals surface area contributed by atoms with Crippen LogP contribution in [0.25, 0.3) is 6.08 Å². The van der Waals surface area contributed by atoms with Gasteiger partial charge >= 0.3 is 0 Å². The molecule has 0 aliphatic rings. The first-order valence-electron chi connectivity index (χ1n) is 5.44. The molecule has 5 nitrogen and oxygen atoms in total. The summed E-state index contributed by atoms with van der Waals surface area (Å²) in [7, 11) is 3.17. The Hall–Kier alpha value is -2.01. The molecule has 5 heteroatoms. The van der Waals surface area contributed by atoms with E-state index in [9.17, 15) is 4.79 Å². The Balaban J connectivity index is 2.79. The largest absolute Gasteiger partial charge is 0.493 e. The Morgan fingerprint density at radius 2 is 2.06 bits per heavy atom. The minimum absolute atomic E-state index is 0.448. The van der Waals surface area contributed by atoms with Crippen LogP contribution in [0.5, 0.6) is 11.5 Å². The van der Waals surface area contributed by atoms with E-state index in [1.807, 2.05) is 6.07 Å². The van der Waals surface area contributed by atoms with Crippen LogP contribution in [0.3, 0.4) is 0 Å². The maximum absolute atomic E-state index is 10.6. The first kappa shape index (κ1) is 14.1. The second kappa shape index (κ2) is 7.34. The summed E-state index contributed by atoms with van der Waals surface area (Å²) in [6.07, 6.45) is 2.91. The molecule has 98 valence electrons. The highest BCUT2D eigenvalue weighted by Gasteiger charge is 2.04. The average molecular weight is 251 g/mol. The van der Waals surface area contributed by atoms with Crippen molar-refractivity contribution < 1.29 is 19.0 Å². The molecule has 0 unspecified atom stereocenters. The van der Waals surface area contributed by atoms with Crippen molar-refractivity contribution in [1.82, 2.24) is 0 Å². The van der Waals surface area contributed by atoms with Gasteiger partial charge in [0.05, 0.1) is 13.7 Å². The van der Waals surface area contributed by atoms with Gasteiger partial charge in [0.2, 0.25) is 5.91 Å². The Morgan fingerprint density at radius 1 is 1.28 bits per heavy atom. The van der Waals surface area contributed by atoms with Crippen molar-refractivity contribution >= 4 is 12.0 Å². The van der Waals surface area contributed by atoms with Crippen LogP contribution in [0.15, 0.2) is 24.3 Å². The highest BCUT2D eigenvalue weighted by Crippen LogP contribution is 2.28. The monoisotopic (exact) mass is 251 g/mol. The summed E-state index contributed by atoms with van der Waals surface area (Å²) in [5, 5.41) is 0. The minimum Gasteiger partial charge on any atom is -0.493 e. The molecule has 1 aromatic carbocycles. The molecule has 0 saturated heterocycles. The van der Waals surface area contributed by atoms with Crippen molar-refractivity contribution in [1.29, 1.82) is 0 Å². The molecule has 0 radical (unpaired) electrons. The third-order valence-electron chi connectivity index (χ3n) is 2.17. The Labute approximate surface area is 106 Å². The Morgan fingerprint density at radius 3 is 2.67 bits per heavy atom. The average Bonchev–Trinajstić information content (AvgIpc) is 2.37. The number of methoxy groups -OCH3 is 2. The lowest BCUT2D eigenvalue weighted by molar-refractivity contribution is -0.113. The summed E-state index contributed by atoms with van der Waals surface area (Å²) in [5.74, 6) is 0.734. The van der Waals surface area contributed by atoms with Crippen molar-refractivity contribution in [2.24, 2.45) is 5.73 Å². The predicted octanol–water partition coefficient (Wildman–Crippen LogP) is 1.22. The van der Waals surface area contributed by atoms with Crippen molar-refractivity contribution in [3.8, 4) is 11.5 Å². The van der Waals surface area contributed by atoms with Gasteiger partial charge in [-0.2, -0.15) is 0 Å². The first-order chi connectivity index (χ1) is 8.67. The molecule has 0 atom stereocenters. The third-order valence-corrected chi connectivity index (χ3v) is 2.17. The number of amides is 1. The van der Waals surface area contributed by atoms with Crippen molar-refractivity contribution in [3.05, 3.63) is 29.8 Å². The first-order valence-corrected chi connectivity index (χ1v) is 5.44. The number of benzene rings is 1. The standard InChI is InChI=1S/C13H17NO4/c1-16-7-8-18-11-5-3-10(4-6-13(14)15)9-12(11)17-2/h3-6,9H,7-8H2,1-2H3,(H2,14,15)/b6-4-. The molecule has 0 aromatic heterocycles. The lowest BCUT2D eigenvalue weighted by Crippen LogP contribution is -2.05. The molecule has 0 spiro atoms. The molecular weight excluding hydrogens is 234 g/mol. The van der Waals surface area contributed by atoms with Crippen LogP contribution in [-0.2, 0) is 9.53 Å². The van der Waals surface area contributed by atoms with E-state index >= 15 is 0 Å². The third kappa shape index (κ3) is 4.47. The summed E-state index contributed by atoms with van der Waals surface area (Å²) < 4.78 is 15.6. The summed E-state index contributed by atoms with van der Waals surface area (Å²) >= 11 is 0. The van der Waals surface area contributed by atoms with Gasteiger partial charge in [-0.15, -0.1) is 0 Å². The van der Waals surface area contributed by atoms with Gasteiger partial charge in [0.1, 0.15) is 6.61 Å². The van der Waals surface area contributed by atoms with E-state index in [0.29, 0.717) is 24.7 Å². The zero-order valence-electron chi connectivity index (χ0n) is 10.5. The minimum atomic E-state index is -0.491. The number of hydrogen-bond acceptors (Lipinski definition) is 4. The summed E-state index contributed by atoms with van der Waals surface area (Å²) in [4.78, 5) is 10.6. The van der Waals surface area contributed by atoms with E-state index in [0.717, 1.165) is 5.56 Å². The number of carbonyl (C=O) groups is 1. The molecule has 0 fully saturated rings. The van der Waals surface area contributed by atoms with E-state index < -0.39 is 5.91 Å². The highest BCUT2D eigenvalue weighted by atomic mass is 16.5. The van der Waals surface area contributed by atoms with E-state index in [1.165, 1.54) is 6.08 Å². The van der Waals surface area contributed by atoms with Gasteiger partial charge in [-0.05, 0) is 23.8 Å². The van der Waals surface area contributed by atoms with E-state index in [1.54, 1.807) is 32.4 Å². The summed E-state index contributed by atoms with van der Waals surface area (Å²) in [6, 6.07) is 5.35. The van der Waals surface area contributed by atoms with Crippen LogP contribution >= 0.6 is 0 Å². The second-order valence-corrected chi connectivity index (χ2v) is 3.49. The zero-order valence-corrected chi connectivity index (χ0v) is 10.5. The number of rotatable bonds is 7. The topological polar surface area (TPSA) is 70.8 Å². The number of nitrogens with two attached hydrogens (primary N) is 1. The lowest BCUT2D eigenvalue weighted by atomic mass is 10.2. The number of carbonyl (C=O) groups excluding carboxylic acids is 1. The van der Waals surface area contributed by atoms with Gasteiger partial charge in [0.25, 0.3) is 0 Å². The predicted molar refractivity (Wildman–Crippen MR) is 68.6 cm³/mol. The van der Waals surface area contributed by atoms with Crippen LogP contribution in [0.2, 0.25) is 0 Å². The number of ether oxygens (including phenoxy) is 3. The van der Waals surface area contributed by atoms with Gasteiger partial charge in [0.15, 0.2) is 11.5 Å². The van der Waals surface area contributed by atoms with Gasteiger partial charge in [-0.25, -0.2) is 0 Å². The normalized spacial score (nSPS) is 10.6. The maximum Gasteiger partial charge on any atom is 0.241 e. The molecule has 1 rings (SSSR count). The van der Waals surface area contributed by atoms with Crippen molar-refractivity contribution in [3.63, 3.8) is 0 Å². The van der Waals surface area contributed by atoms with E-state index in [4.69, 9.17) is 19.9 Å². The SMILES string of the molecule is COCCOc1ccc(/C=C\C(N)=O)cc1OC. The van der Waals surface area contributed by atoms with E-state index in [2.05, 4.69) is 0 Å². The van der Waals surface area contributed by atoms with Crippen LogP contribution < -0.4 is 15.2 Å². The van der Waals surface area contributed by atoms with Crippen LogP contribution in [0.1, 0.15) is 5.56 Å². The van der Waals surface area contributed by atoms with Gasteiger partial charge in [-0.3, -0.25) is 4.79 Å². The molecule has 1 aromatic rings. The Kier molecular flexibility index (Phi) is 5.73. The molecule has 0 heterocycles. The second-order valence-electron chi connectivity index (χ2n) is 3.49. The molecule has 0 bridgehead atoms. The summed E-state index contributed by atoms with van der Waals surface area (Å²) in [6.45, 7) is 0.954. The van der Waals surface area contributed by atoms with Gasteiger partial charge in [-0.1, -0.05) is 6.07 Å². The fraction of sp³-hybridized carbons (Fsp3) is 0.308. The molecule has 18 heavy (non-hydrogen) atoms. The quantitative estimate of drug-likeness (QED) is 0.584. The van der Waals surface area contributed by atoms with E-state index in [-0.39, 0.29) is 0 Å². The van der Waals surface area contributed by atoms with Gasteiger partial charge in [0, 0.05) is 13.2 Å². The fourth-order valence-corrected chi connectivity index (χ4v) is 1.32. The maximum atomic E-state index is 10.6. The van der Waals surface area contributed by atoms with Crippen LogP contribution in [0, 0.1) is 0 Å². The number of hydrogen-bond donors (Lipinski definition) is 1. The van der Waals surface area contributed by atoms with Crippen molar-refractivity contribution in [2.45, 2.75) is 0 Å². The molecule has 0 saturated carbocycles. The van der Waals surface area contributed by atoms with Crippen LogP contribution in [-0.4, -0.2) is 33.3 Å². The highest BCUT2D eigenvalue weighted by molar-refractivity contribution is 5.90. The zero-order chi connectivity index (χ0) is 13.4. The fourth-order valence-electron chi connectivity index (χ4n) is 1.32. The Bertz CT molecular complexity index is 429. The molecular formula is C13H17NO4. The summed E-state index contributed by atoms with van der Waals surface area (Å²) in [5.41, 5.74) is 5.84. The smallest absolute Gasteiger partial charge is 0.241 e. The van der Waals surface area contributed by atoms with Crippen LogP contribution in [0.4, 0.5) is 0 Å². The lowest BCUT2D eigenvalue weighted by Gasteiger charge is -2.10. The van der Waals surface area contributed by atoms with Gasteiger partial charge < -0.3 is 19.9 Å². The number of primary amides is 1. The molecule has 0 aliphatic carbocycles. The molecule has 0 aliphatic heterocycles.